The first-order valence-electron chi connectivity index (χ1n) is 6.73. The Balaban J connectivity index is 2.75. The number of amides is 1. The maximum atomic E-state index is 11.9. The third-order valence-corrected chi connectivity index (χ3v) is 3.22. The van der Waals surface area contributed by atoms with Gasteiger partial charge in [-0.2, -0.15) is 0 Å². The zero-order valence-corrected chi connectivity index (χ0v) is 12.7. The standard InChI is InChI=1S/C13H19N5O4/c1-4-10(9(3)18(21)22)5-11(17-20)6-14-13(19)12-8(2)15-7-16-12/h5,7,9,20H,4,6H2,1-3H3,(H,14,19)(H,15,16). The number of carbonyl (C=O) groups excluding carboxylic acids is 1. The molecule has 1 amide bonds. The Morgan fingerprint density at radius 1 is 1.68 bits per heavy atom. The summed E-state index contributed by atoms with van der Waals surface area (Å²) in [6.45, 7) is 4.87. The minimum Gasteiger partial charge on any atom is -0.411 e. The predicted molar refractivity (Wildman–Crippen MR) is 79.7 cm³/mol. The molecule has 0 aliphatic rings. The maximum absolute atomic E-state index is 11.9. The number of imidazole rings is 1. The molecule has 9 heteroatoms. The number of rotatable bonds is 7. The Labute approximate surface area is 127 Å². The van der Waals surface area contributed by atoms with E-state index in [2.05, 4.69) is 20.4 Å². The van der Waals surface area contributed by atoms with Crippen molar-refractivity contribution in [3.63, 3.8) is 0 Å². The number of oxime groups is 1. The van der Waals surface area contributed by atoms with Crippen molar-refractivity contribution in [2.45, 2.75) is 33.2 Å². The minimum absolute atomic E-state index is 0.0600. The fourth-order valence-electron chi connectivity index (χ4n) is 1.83. The van der Waals surface area contributed by atoms with Gasteiger partial charge in [0.05, 0.1) is 18.6 Å². The van der Waals surface area contributed by atoms with E-state index in [0.717, 1.165) is 0 Å². The Bertz CT molecular complexity index is 605. The van der Waals surface area contributed by atoms with Gasteiger partial charge in [-0.15, -0.1) is 0 Å². The zero-order valence-electron chi connectivity index (χ0n) is 12.7. The highest BCUT2D eigenvalue weighted by Crippen LogP contribution is 2.10. The van der Waals surface area contributed by atoms with E-state index in [0.29, 0.717) is 17.7 Å². The average molecular weight is 309 g/mol. The number of nitro groups is 1. The molecule has 0 saturated heterocycles. The average Bonchev–Trinajstić information content (AvgIpc) is 2.92. The molecule has 0 spiro atoms. The van der Waals surface area contributed by atoms with Crippen molar-refractivity contribution in [3.8, 4) is 0 Å². The van der Waals surface area contributed by atoms with Crippen LogP contribution in [0.1, 0.15) is 36.5 Å². The van der Waals surface area contributed by atoms with Gasteiger partial charge in [-0.1, -0.05) is 12.1 Å². The van der Waals surface area contributed by atoms with E-state index in [-0.39, 0.29) is 18.0 Å². The summed E-state index contributed by atoms with van der Waals surface area (Å²) in [6, 6.07) is -0.883. The second kappa shape index (κ2) is 7.91. The molecule has 0 bridgehead atoms. The van der Waals surface area contributed by atoms with Crippen LogP contribution in [-0.4, -0.2) is 44.3 Å². The largest absolute Gasteiger partial charge is 0.411 e. The molecule has 1 unspecified atom stereocenters. The lowest BCUT2D eigenvalue weighted by Crippen LogP contribution is -2.30. The quantitative estimate of drug-likeness (QED) is 0.302. The third-order valence-electron chi connectivity index (χ3n) is 3.22. The van der Waals surface area contributed by atoms with Crippen molar-refractivity contribution in [3.05, 3.63) is 39.5 Å². The number of hydrogen-bond donors (Lipinski definition) is 3. The molecule has 0 aliphatic heterocycles. The number of aryl methyl sites for hydroxylation is 1. The van der Waals surface area contributed by atoms with Crippen molar-refractivity contribution < 1.29 is 14.9 Å². The molecule has 0 aromatic carbocycles. The molecule has 22 heavy (non-hydrogen) atoms. The predicted octanol–water partition coefficient (Wildman–Crippen LogP) is 1.28. The van der Waals surface area contributed by atoms with Gasteiger partial charge < -0.3 is 15.5 Å². The van der Waals surface area contributed by atoms with Crippen LogP contribution in [0.2, 0.25) is 0 Å². The summed E-state index contributed by atoms with van der Waals surface area (Å²) >= 11 is 0. The summed E-state index contributed by atoms with van der Waals surface area (Å²) < 4.78 is 0. The van der Waals surface area contributed by atoms with E-state index < -0.39 is 16.9 Å². The minimum atomic E-state index is -0.883. The van der Waals surface area contributed by atoms with Crippen LogP contribution in [-0.2, 0) is 0 Å². The maximum Gasteiger partial charge on any atom is 0.272 e. The first kappa shape index (κ1) is 17.3. The van der Waals surface area contributed by atoms with Gasteiger partial charge in [-0.3, -0.25) is 14.9 Å². The molecule has 120 valence electrons. The summed E-state index contributed by atoms with van der Waals surface area (Å²) in [5, 5.41) is 25.4. The molecule has 0 aliphatic carbocycles. The van der Waals surface area contributed by atoms with E-state index in [9.17, 15) is 14.9 Å². The first-order chi connectivity index (χ1) is 10.4. The fourth-order valence-corrected chi connectivity index (χ4v) is 1.83. The molecule has 1 rings (SSSR count). The van der Waals surface area contributed by atoms with Gasteiger partial charge in [0.2, 0.25) is 6.04 Å². The molecule has 1 aromatic rings. The second-order valence-electron chi connectivity index (χ2n) is 4.68. The van der Waals surface area contributed by atoms with Gasteiger partial charge in [-0.05, 0) is 19.4 Å². The van der Waals surface area contributed by atoms with Crippen LogP contribution in [0.25, 0.3) is 0 Å². The summed E-state index contributed by atoms with van der Waals surface area (Å²) in [5.74, 6) is -0.423. The first-order valence-corrected chi connectivity index (χ1v) is 6.73. The highest BCUT2D eigenvalue weighted by Gasteiger charge is 2.19. The molecular formula is C13H19N5O4. The van der Waals surface area contributed by atoms with Crippen molar-refractivity contribution in [2.75, 3.05) is 6.54 Å². The summed E-state index contributed by atoms with van der Waals surface area (Å²) in [6.07, 6.45) is 3.26. The molecule has 1 aromatic heterocycles. The topological polar surface area (TPSA) is 134 Å². The van der Waals surface area contributed by atoms with E-state index in [1.165, 1.54) is 19.3 Å². The van der Waals surface area contributed by atoms with E-state index in [1.54, 1.807) is 13.8 Å². The Morgan fingerprint density at radius 2 is 2.36 bits per heavy atom. The Hall–Kier alpha value is -2.71. The van der Waals surface area contributed by atoms with Gasteiger partial charge in [0.15, 0.2) is 0 Å². The molecule has 3 N–H and O–H groups in total. The Kier molecular flexibility index (Phi) is 6.24. The normalized spacial score (nSPS) is 13.8. The monoisotopic (exact) mass is 309 g/mol. The van der Waals surface area contributed by atoms with Crippen molar-refractivity contribution in [2.24, 2.45) is 5.16 Å². The Morgan fingerprint density at radius 3 is 2.82 bits per heavy atom. The summed E-state index contributed by atoms with van der Waals surface area (Å²) in [4.78, 5) is 28.9. The number of H-pyrrole nitrogens is 1. The molecule has 0 fully saturated rings. The molecule has 0 saturated carbocycles. The van der Waals surface area contributed by atoms with Crippen molar-refractivity contribution in [1.29, 1.82) is 0 Å². The fraction of sp³-hybridized carbons (Fsp3) is 0.462. The molecule has 1 atom stereocenters. The van der Waals surface area contributed by atoms with Crippen LogP contribution in [0.4, 0.5) is 0 Å². The van der Waals surface area contributed by atoms with E-state index in [1.807, 2.05) is 0 Å². The van der Waals surface area contributed by atoms with Gasteiger partial charge in [0.25, 0.3) is 5.91 Å². The van der Waals surface area contributed by atoms with Crippen LogP contribution in [0.5, 0.6) is 0 Å². The molecule has 0 radical (unpaired) electrons. The smallest absolute Gasteiger partial charge is 0.272 e. The van der Waals surface area contributed by atoms with E-state index >= 15 is 0 Å². The SMILES string of the molecule is CCC(=CC(CNC(=O)c1nc[nH]c1C)=NO)C(C)[N+](=O)[O-]. The number of nitrogens with one attached hydrogen (secondary N) is 2. The van der Waals surface area contributed by atoms with Gasteiger partial charge >= 0.3 is 0 Å². The van der Waals surface area contributed by atoms with Crippen molar-refractivity contribution >= 4 is 11.6 Å². The number of carbonyl (C=O) groups is 1. The highest BCUT2D eigenvalue weighted by molar-refractivity contribution is 6.01. The third kappa shape index (κ3) is 4.40. The lowest BCUT2D eigenvalue weighted by molar-refractivity contribution is -0.507. The van der Waals surface area contributed by atoms with Gasteiger partial charge in [-0.25, -0.2) is 4.98 Å². The van der Waals surface area contributed by atoms with Crippen LogP contribution >= 0.6 is 0 Å². The summed E-state index contributed by atoms with van der Waals surface area (Å²) in [5.41, 5.74) is 1.50. The van der Waals surface area contributed by atoms with Gasteiger partial charge in [0.1, 0.15) is 5.69 Å². The van der Waals surface area contributed by atoms with Gasteiger partial charge in [0, 0.05) is 23.1 Å². The van der Waals surface area contributed by atoms with Crippen LogP contribution in [0.15, 0.2) is 23.1 Å². The molecule has 1 heterocycles. The zero-order chi connectivity index (χ0) is 16.7. The number of aromatic nitrogens is 2. The highest BCUT2D eigenvalue weighted by atomic mass is 16.6. The van der Waals surface area contributed by atoms with E-state index in [4.69, 9.17) is 5.21 Å². The van der Waals surface area contributed by atoms with Crippen LogP contribution in [0.3, 0.4) is 0 Å². The molecule has 9 nitrogen and oxygen atoms in total. The number of aromatic amines is 1. The molecular weight excluding hydrogens is 290 g/mol. The van der Waals surface area contributed by atoms with Crippen molar-refractivity contribution in [1.82, 2.24) is 15.3 Å². The lowest BCUT2D eigenvalue weighted by Gasteiger charge is -2.08. The summed E-state index contributed by atoms with van der Waals surface area (Å²) in [7, 11) is 0. The second-order valence-corrected chi connectivity index (χ2v) is 4.68. The lowest BCUT2D eigenvalue weighted by atomic mass is 10.0. The number of hydrogen-bond acceptors (Lipinski definition) is 6. The van der Waals surface area contributed by atoms with Crippen LogP contribution in [0, 0.1) is 17.0 Å². The van der Waals surface area contributed by atoms with Crippen LogP contribution < -0.4 is 5.32 Å². The number of nitrogens with zero attached hydrogens (tertiary/aromatic N) is 3.